The molecule has 0 atom stereocenters. The van der Waals surface area contributed by atoms with Crippen LogP contribution in [0, 0.1) is 0 Å². The highest BCUT2D eigenvalue weighted by atomic mass is 35.5. The Morgan fingerprint density at radius 2 is 1.62 bits per heavy atom. The van der Waals surface area contributed by atoms with Gasteiger partial charge in [0.05, 0.1) is 12.4 Å². The smallest absolute Gasteiger partial charge is 0.115 e. The third-order valence-corrected chi connectivity index (χ3v) is 1.41. The van der Waals surface area contributed by atoms with Crippen LogP contribution in [0.3, 0.4) is 0 Å². The number of rotatable bonds is 0. The molecule has 0 spiro atoms. The Hall–Kier alpha value is -1.55. The summed E-state index contributed by atoms with van der Waals surface area (Å²) in [5, 5.41) is 18.7. The van der Waals surface area contributed by atoms with Gasteiger partial charge in [-0.3, -0.25) is 0 Å². The van der Waals surface area contributed by atoms with Crippen LogP contribution >= 0.6 is 11.6 Å². The van der Waals surface area contributed by atoms with Crippen LogP contribution in [-0.2, 0) is 0 Å². The maximum atomic E-state index is 8.70. The van der Waals surface area contributed by atoms with Gasteiger partial charge in [-0.15, -0.1) is 0 Å². The van der Waals surface area contributed by atoms with Crippen molar-refractivity contribution in [2.45, 2.75) is 0 Å². The lowest BCUT2D eigenvalue weighted by Gasteiger charge is -1.87. The summed E-state index contributed by atoms with van der Waals surface area (Å²) in [4.78, 5) is 0. The number of aromatic amines is 1. The average molecular weight is 198 g/mol. The summed E-state index contributed by atoms with van der Waals surface area (Å²) in [6, 6.07) is 6.36. The van der Waals surface area contributed by atoms with Crippen LogP contribution in [0.4, 0.5) is 0 Å². The Labute approximate surface area is 80.2 Å². The van der Waals surface area contributed by atoms with Crippen molar-refractivity contribution in [2.24, 2.45) is 0 Å². The first-order chi connectivity index (χ1) is 6.29. The van der Waals surface area contributed by atoms with Crippen LogP contribution in [0.2, 0.25) is 5.02 Å². The molecular formula is C8H8ClN3O. The van der Waals surface area contributed by atoms with Crippen LogP contribution in [0.5, 0.6) is 5.75 Å². The topological polar surface area (TPSA) is 61.8 Å². The van der Waals surface area contributed by atoms with Crippen molar-refractivity contribution in [1.82, 2.24) is 15.4 Å². The molecule has 2 N–H and O–H groups in total. The first kappa shape index (κ1) is 9.54. The molecule has 0 saturated carbocycles. The molecule has 0 amide bonds. The van der Waals surface area contributed by atoms with E-state index in [-0.39, 0.29) is 5.75 Å². The minimum absolute atomic E-state index is 0.245. The second kappa shape index (κ2) is 5.16. The lowest BCUT2D eigenvalue weighted by Crippen LogP contribution is -1.61. The minimum atomic E-state index is 0.245. The molecule has 0 bridgehead atoms. The van der Waals surface area contributed by atoms with Crippen molar-refractivity contribution in [3.63, 3.8) is 0 Å². The van der Waals surface area contributed by atoms with Gasteiger partial charge in [0.15, 0.2) is 0 Å². The Balaban J connectivity index is 0.000000145. The molecule has 0 radical (unpaired) electrons. The Kier molecular flexibility index (Phi) is 3.78. The average Bonchev–Trinajstić information content (AvgIpc) is 2.68. The van der Waals surface area contributed by atoms with Gasteiger partial charge in [-0.25, -0.2) is 0 Å². The van der Waals surface area contributed by atoms with Gasteiger partial charge in [-0.05, 0) is 24.3 Å². The zero-order chi connectivity index (χ0) is 9.52. The fourth-order valence-corrected chi connectivity index (χ4v) is 0.734. The minimum Gasteiger partial charge on any atom is -0.508 e. The van der Waals surface area contributed by atoms with Crippen molar-refractivity contribution in [3.8, 4) is 5.75 Å². The van der Waals surface area contributed by atoms with E-state index in [4.69, 9.17) is 16.7 Å². The zero-order valence-corrected chi connectivity index (χ0v) is 7.44. The van der Waals surface area contributed by atoms with Crippen molar-refractivity contribution in [2.75, 3.05) is 0 Å². The highest BCUT2D eigenvalue weighted by molar-refractivity contribution is 6.30. The number of hydrogen-bond donors (Lipinski definition) is 2. The van der Waals surface area contributed by atoms with Crippen molar-refractivity contribution in [3.05, 3.63) is 41.7 Å². The Morgan fingerprint density at radius 1 is 1.08 bits per heavy atom. The van der Waals surface area contributed by atoms with Gasteiger partial charge in [0.2, 0.25) is 0 Å². The highest BCUT2D eigenvalue weighted by Gasteiger charge is 1.84. The number of phenolic OH excluding ortho intramolecular Hbond substituents is 1. The quantitative estimate of drug-likeness (QED) is 0.678. The molecular weight excluding hydrogens is 190 g/mol. The predicted molar refractivity (Wildman–Crippen MR) is 49.5 cm³/mol. The number of H-pyrrole nitrogens is 1. The number of nitrogens with zero attached hydrogens (tertiary/aromatic N) is 2. The molecule has 68 valence electrons. The number of aromatic nitrogens is 3. The van der Waals surface area contributed by atoms with Crippen LogP contribution < -0.4 is 0 Å². The van der Waals surface area contributed by atoms with Gasteiger partial charge in [-0.2, -0.15) is 15.4 Å². The van der Waals surface area contributed by atoms with E-state index in [1.165, 1.54) is 0 Å². The van der Waals surface area contributed by atoms with Crippen molar-refractivity contribution in [1.29, 1.82) is 0 Å². The highest BCUT2D eigenvalue weighted by Crippen LogP contribution is 2.12. The standard InChI is InChI=1S/C6H5ClO.C2H3N3/c7-5-1-3-6(8)4-2-5;1-2-4-5-3-1/h1-4,8H;1-2H,(H,3,4,5). The van der Waals surface area contributed by atoms with E-state index in [9.17, 15) is 0 Å². The van der Waals surface area contributed by atoms with E-state index in [1.54, 1.807) is 36.7 Å². The molecule has 0 aliphatic rings. The zero-order valence-electron chi connectivity index (χ0n) is 6.68. The van der Waals surface area contributed by atoms with E-state index in [0.29, 0.717) is 5.02 Å². The van der Waals surface area contributed by atoms with Gasteiger partial charge < -0.3 is 5.11 Å². The van der Waals surface area contributed by atoms with Gasteiger partial charge in [0, 0.05) is 5.02 Å². The van der Waals surface area contributed by atoms with E-state index in [1.807, 2.05) is 0 Å². The third kappa shape index (κ3) is 4.12. The maximum absolute atomic E-state index is 8.70. The molecule has 0 unspecified atom stereocenters. The first-order valence-electron chi connectivity index (χ1n) is 3.53. The summed E-state index contributed by atoms with van der Waals surface area (Å²) < 4.78 is 0. The van der Waals surface area contributed by atoms with E-state index in [0.717, 1.165) is 0 Å². The van der Waals surface area contributed by atoms with Crippen LogP contribution in [0.1, 0.15) is 0 Å². The summed E-state index contributed by atoms with van der Waals surface area (Å²) in [7, 11) is 0. The number of hydrogen-bond acceptors (Lipinski definition) is 3. The molecule has 1 aromatic heterocycles. The number of benzene rings is 1. The molecule has 1 aromatic carbocycles. The van der Waals surface area contributed by atoms with E-state index >= 15 is 0 Å². The second-order valence-electron chi connectivity index (χ2n) is 2.13. The van der Waals surface area contributed by atoms with Crippen molar-refractivity contribution >= 4 is 11.6 Å². The van der Waals surface area contributed by atoms with E-state index < -0.39 is 0 Å². The molecule has 13 heavy (non-hydrogen) atoms. The van der Waals surface area contributed by atoms with Gasteiger partial charge >= 0.3 is 0 Å². The maximum Gasteiger partial charge on any atom is 0.115 e. The molecule has 4 nitrogen and oxygen atoms in total. The lowest BCUT2D eigenvalue weighted by atomic mass is 10.3. The SMILES string of the molecule is Oc1ccc(Cl)cc1.c1cn[nH]n1. The van der Waals surface area contributed by atoms with Crippen LogP contribution in [0.15, 0.2) is 36.7 Å². The van der Waals surface area contributed by atoms with Crippen LogP contribution in [-0.4, -0.2) is 20.5 Å². The fourth-order valence-electron chi connectivity index (χ4n) is 0.608. The number of aromatic hydroxyl groups is 1. The molecule has 0 aliphatic heterocycles. The third-order valence-electron chi connectivity index (χ3n) is 1.16. The molecule has 0 aliphatic carbocycles. The summed E-state index contributed by atoms with van der Waals surface area (Å²) in [5.74, 6) is 0.245. The van der Waals surface area contributed by atoms with Gasteiger partial charge in [0.25, 0.3) is 0 Å². The monoisotopic (exact) mass is 197 g/mol. The van der Waals surface area contributed by atoms with Gasteiger partial charge in [-0.1, -0.05) is 11.6 Å². The Morgan fingerprint density at radius 3 is 1.92 bits per heavy atom. The van der Waals surface area contributed by atoms with Crippen LogP contribution in [0.25, 0.3) is 0 Å². The Bertz CT molecular complexity index is 281. The largest absolute Gasteiger partial charge is 0.508 e. The normalized spacial score (nSPS) is 8.69. The summed E-state index contributed by atoms with van der Waals surface area (Å²) in [6.45, 7) is 0. The second-order valence-corrected chi connectivity index (χ2v) is 2.57. The molecule has 2 rings (SSSR count). The summed E-state index contributed by atoms with van der Waals surface area (Å²) in [6.07, 6.45) is 3.17. The number of halogens is 1. The number of nitrogens with one attached hydrogen (secondary N) is 1. The molecule has 1 heterocycles. The molecule has 2 aromatic rings. The predicted octanol–water partition coefficient (Wildman–Crippen LogP) is 1.85. The summed E-state index contributed by atoms with van der Waals surface area (Å²) >= 11 is 5.50. The molecule has 0 saturated heterocycles. The van der Waals surface area contributed by atoms with Crippen molar-refractivity contribution < 1.29 is 5.11 Å². The lowest BCUT2D eigenvalue weighted by molar-refractivity contribution is 0.475. The molecule has 0 fully saturated rings. The van der Waals surface area contributed by atoms with E-state index in [2.05, 4.69) is 15.4 Å². The fraction of sp³-hybridized carbons (Fsp3) is 0. The summed E-state index contributed by atoms with van der Waals surface area (Å²) in [5.41, 5.74) is 0. The van der Waals surface area contributed by atoms with Gasteiger partial charge in [0.1, 0.15) is 5.75 Å². The first-order valence-corrected chi connectivity index (χ1v) is 3.91. The number of phenols is 1. The molecule has 5 heteroatoms.